The fourth-order valence-corrected chi connectivity index (χ4v) is 8.00. The maximum atomic E-state index is 4.67. The first-order valence-corrected chi connectivity index (χ1v) is 20.9. The van der Waals surface area contributed by atoms with E-state index in [2.05, 4.69) is 185 Å². The zero-order valence-corrected chi connectivity index (χ0v) is 36.6. The molecule has 8 nitrogen and oxygen atoms in total. The Morgan fingerprint density at radius 3 is 0.723 bits per heavy atom. The van der Waals surface area contributed by atoms with Crippen LogP contribution < -0.4 is 0 Å². The van der Waals surface area contributed by atoms with Crippen LogP contribution in [-0.4, -0.2) is 39.9 Å². The fraction of sp³-hybridized carbons (Fsp3) is 0. The van der Waals surface area contributed by atoms with Crippen molar-refractivity contribution in [2.75, 3.05) is 0 Å². The molecule has 0 fully saturated rings. The minimum Gasteiger partial charge on any atom is -0.261 e. The Labute approximate surface area is 388 Å². The standard InChI is InChI=1S/2C24H16N2.C8H6N4.Ru/c2*1-3-7-17(8-4-1)19-13-15-25-23-21(19)11-12-22-20(14-16-26-24(22)23)18-9-5-2-6-10-18;1-3-11-7(5-9-1)8-6-10-2-4-12-8;/h2*1-16H;1-6H;. The predicted octanol–water partition coefficient (Wildman–Crippen LogP) is 13.2. The molecule has 12 aromatic rings. The zero-order chi connectivity index (χ0) is 42.9. The molecule has 0 bridgehead atoms. The van der Waals surface area contributed by atoms with Crippen molar-refractivity contribution >= 4 is 43.6 Å². The molecule has 12 rings (SSSR count). The summed E-state index contributed by atoms with van der Waals surface area (Å²) in [7, 11) is 0. The van der Waals surface area contributed by atoms with Crippen LogP contribution in [0.2, 0.25) is 0 Å². The molecule has 65 heavy (non-hydrogen) atoms. The second kappa shape index (κ2) is 19.8. The van der Waals surface area contributed by atoms with Crippen molar-refractivity contribution < 1.29 is 19.5 Å². The Balaban J connectivity index is 0.000000130. The van der Waals surface area contributed by atoms with E-state index in [1.165, 1.54) is 44.5 Å². The van der Waals surface area contributed by atoms with Crippen molar-refractivity contribution in [1.29, 1.82) is 0 Å². The summed E-state index contributed by atoms with van der Waals surface area (Å²) in [6.07, 6.45) is 17.3. The van der Waals surface area contributed by atoms with E-state index in [1.807, 2.05) is 49.1 Å². The van der Waals surface area contributed by atoms with Crippen LogP contribution in [0.3, 0.4) is 0 Å². The largest absolute Gasteiger partial charge is 0.261 e. The molecule has 6 aromatic carbocycles. The van der Waals surface area contributed by atoms with Gasteiger partial charge in [-0.05, 0) is 68.8 Å². The van der Waals surface area contributed by atoms with Gasteiger partial charge in [-0.2, -0.15) is 0 Å². The monoisotopic (exact) mass is 924 g/mol. The van der Waals surface area contributed by atoms with Gasteiger partial charge in [0.2, 0.25) is 0 Å². The van der Waals surface area contributed by atoms with E-state index in [9.17, 15) is 0 Å². The van der Waals surface area contributed by atoms with Gasteiger partial charge in [-0.25, -0.2) is 0 Å². The van der Waals surface area contributed by atoms with Gasteiger partial charge in [-0.3, -0.25) is 39.9 Å². The third-order valence-electron chi connectivity index (χ3n) is 11.0. The van der Waals surface area contributed by atoms with E-state index < -0.39 is 0 Å². The van der Waals surface area contributed by atoms with Crippen LogP contribution in [0.25, 0.3) is 99.5 Å². The second-order valence-corrected chi connectivity index (χ2v) is 14.8. The van der Waals surface area contributed by atoms with Gasteiger partial charge in [0.05, 0.1) is 34.5 Å². The number of aromatic nitrogens is 8. The van der Waals surface area contributed by atoms with Crippen molar-refractivity contribution in [2.45, 2.75) is 0 Å². The predicted molar refractivity (Wildman–Crippen MR) is 259 cm³/mol. The van der Waals surface area contributed by atoms with Crippen molar-refractivity contribution in [1.82, 2.24) is 39.9 Å². The first-order chi connectivity index (χ1) is 31.8. The molecule has 0 atom stereocenters. The zero-order valence-electron chi connectivity index (χ0n) is 34.9. The molecule has 0 saturated heterocycles. The van der Waals surface area contributed by atoms with Crippen LogP contribution in [0.1, 0.15) is 0 Å². The molecular weight excluding hydrogens is 886 g/mol. The summed E-state index contributed by atoms with van der Waals surface area (Å²) in [5, 5.41) is 4.51. The van der Waals surface area contributed by atoms with Crippen molar-refractivity contribution in [3.05, 3.63) is 232 Å². The Bertz CT molecular complexity index is 3040. The molecule has 0 aliphatic carbocycles. The van der Waals surface area contributed by atoms with Gasteiger partial charge in [0, 0.05) is 90.6 Å². The Morgan fingerprint density at radius 2 is 0.492 bits per heavy atom. The minimum absolute atomic E-state index is 0. The summed E-state index contributed by atoms with van der Waals surface area (Å²) in [6.45, 7) is 0. The van der Waals surface area contributed by atoms with E-state index in [-0.39, 0.29) is 19.5 Å². The normalized spacial score (nSPS) is 10.6. The Hall–Kier alpha value is -8.26. The van der Waals surface area contributed by atoms with Gasteiger partial charge in [-0.15, -0.1) is 0 Å². The summed E-state index contributed by atoms with van der Waals surface area (Å²) in [4.78, 5) is 34.7. The first-order valence-electron chi connectivity index (χ1n) is 20.9. The smallest absolute Gasteiger partial charge is 0.108 e. The molecule has 310 valence electrons. The topological polar surface area (TPSA) is 103 Å². The molecule has 0 saturated carbocycles. The Kier molecular flexibility index (Phi) is 12.8. The summed E-state index contributed by atoms with van der Waals surface area (Å²) in [6, 6.07) is 58.7. The van der Waals surface area contributed by atoms with E-state index >= 15 is 0 Å². The van der Waals surface area contributed by atoms with Gasteiger partial charge in [0.15, 0.2) is 0 Å². The molecule has 0 aliphatic heterocycles. The maximum Gasteiger partial charge on any atom is 0.108 e. The second-order valence-electron chi connectivity index (χ2n) is 14.8. The third-order valence-corrected chi connectivity index (χ3v) is 11.0. The van der Waals surface area contributed by atoms with Crippen molar-refractivity contribution in [3.63, 3.8) is 0 Å². The molecular formula is C56H38N8Ru. The van der Waals surface area contributed by atoms with Gasteiger partial charge in [0.1, 0.15) is 11.4 Å². The molecule has 0 N–H and O–H groups in total. The van der Waals surface area contributed by atoms with Gasteiger partial charge >= 0.3 is 0 Å². The van der Waals surface area contributed by atoms with Gasteiger partial charge in [-0.1, -0.05) is 146 Å². The fourth-order valence-electron chi connectivity index (χ4n) is 8.00. The molecule has 0 radical (unpaired) electrons. The molecule has 0 unspecified atom stereocenters. The molecule has 6 heterocycles. The van der Waals surface area contributed by atoms with E-state index in [0.29, 0.717) is 0 Å². The molecule has 0 spiro atoms. The van der Waals surface area contributed by atoms with E-state index in [0.717, 1.165) is 55.0 Å². The third kappa shape index (κ3) is 9.00. The number of hydrogen-bond acceptors (Lipinski definition) is 8. The average molecular weight is 924 g/mol. The SMILES string of the molecule is [Ru].c1ccc(-c2ccnc3c2ccc2c(-c4ccccc4)ccnc23)cc1.c1ccc(-c2ccnc3c2ccc2c(-c4ccccc4)ccnc23)cc1.c1cnc(-c2cnccn2)cn1. The molecule has 6 aromatic heterocycles. The minimum atomic E-state index is 0. The quantitative estimate of drug-likeness (QED) is 0.124. The van der Waals surface area contributed by atoms with Crippen LogP contribution in [-0.2, 0) is 19.5 Å². The summed E-state index contributed by atoms with van der Waals surface area (Å²) >= 11 is 0. The molecule has 0 aliphatic rings. The summed E-state index contributed by atoms with van der Waals surface area (Å²) in [5.41, 5.74) is 14.8. The summed E-state index contributed by atoms with van der Waals surface area (Å²) < 4.78 is 0. The van der Waals surface area contributed by atoms with Gasteiger partial charge < -0.3 is 0 Å². The van der Waals surface area contributed by atoms with Crippen LogP contribution in [0.5, 0.6) is 0 Å². The maximum absolute atomic E-state index is 4.67. The first kappa shape index (κ1) is 42.1. The number of rotatable bonds is 5. The van der Waals surface area contributed by atoms with Crippen LogP contribution in [0, 0.1) is 0 Å². The van der Waals surface area contributed by atoms with Gasteiger partial charge in [0.25, 0.3) is 0 Å². The average Bonchev–Trinajstić information content (AvgIpc) is 3.39. The number of hydrogen-bond donors (Lipinski definition) is 0. The van der Waals surface area contributed by atoms with E-state index in [1.54, 1.807) is 37.2 Å². The van der Waals surface area contributed by atoms with E-state index in [4.69, 9.17) is 0 Å². The van der Waals surface area contributed by atoms with Crippen LogP contribution in [0.4, 0.5) is 0 Å². The number of fused-ring (bicyclic) bond motifs is 6. The van der Waals surface area contributed by atoms with Crippen LogP contribution >= 0.6 is 0 Å². The van der Waals surface area contributed by atoms with Crippen molar-refractivity contribution in [2.24, 2.45) is 0 Å². The van der Waals surface area contributed by atoms with Crippen molar-refractivity contribution in [3.8, 4) is 55.9 Å². The molecule has 0 amide bonds. The number of nitrogens with zero attached hydrogens (tertiary/aromatic N) is 8. The number of benzene rings is 6. The van der Waals surface area contributed by atoms with Crippen LogP contribution in [0.15, 0.2) is 232 Å². The number of pyridine rings is 4. The molecule has 9 heteroatoms. The Morgan fingerprint density at radius 1 is 0.231 bits per heavy atom. The summed E-state index contributed by atoms with van der Waals surface area (Å²) in [5.74, 6) is 0.